The first-order chi connectivity index (χ1) is 12.2. The number of hydrogen-bond donors (Lipinski definition) is 1. The van der Waals surface area contributed by atoms with E-state index in [-0.39, 0.29) is 23.1 Å². The predicted molar refractivity (Wildman–Crippen MR) is 96.7 cm³/mol. The van der Waals surface area contributed by atoms with Crippen LogP contribution in [0.15, 0.2) is 42.5 Å². The van der Waals surface area contributed by atoms with Gasteiger partial charge in [-0.05, 0) is 42.3 Å². The Labute approximate surface area is 155 Å². The number of carbonyl (C=O) groups is 1. The quantitative estimate of drug-likeness (QED) is 0.774. The average molecular weight is 403 g/mol. The molecule has 26 heavy (non-hydrogen) atoms. The van der Waals surface area contributed by atoms with Crippen LogP contribution in [0.1, 0.15) is 5.56 Å². The second-order valence-corrected chi connectivity index (χ2v) is 7.91. The summed E-state index contributed by atoms with van der Waals surface area (Å²) in [5.74, 6) is -1.56. The molecule has 0 fully saturated rings. The van der Waals surface area contributed by atoms with Crippen LogP contribution in [-0.4, -0.2) is 33.7 Å². The van der Waals surface area contributed by atoms with Crippen molar-refractivity contribution in [3.05, 3.63) is 64.7 Å². The van der Waals surface area contributed by atoms with Gasteiger partial charge in [-0.2, -0.15) is 0 Å². The van der Waals surface area contributed by atoms with Gasteiger partial charge in [-0.15, -0.1) is 0 Å². The molecule has 0 bridgehead atoms. The molecule has 2 aromatic rings. The van der Waals surface area contributed by atoms with Gasteiger partial charge < -0.3 is 5.32 Å². The zero-order valence-corrected chi connectivity index (χ0v) is 15.4. The summed E-state index contributed by atoms with van der Waals surface area (Å²) in [7, 11) is -3.77. The third kappa shape index (κ3) is 5.67. The third-order valence-corrected chi connectivity index (χ3v) is 4.96. The molecular weight excluding hydrogens is 386 g/mol. The van der Waals surface area contributed by atoms with Crippen LogP contribution in [0.2, 0.25) is 5.02 Å². The molecule has 0 heterocycles. The lowest BCUT2D eigenvalue weighted by Gasteiger charge is -2.22. The molecule has 0 aliphatic rings. The van der Waals surface area contributed by atoms with Gasteiger partial charge >= 0.3 is 0 Å². The SMILES string of the molecule is CS(=O)(=O)N(CC(=O)NCCc1ccc(F)cc1)c1ccc(F)c(Cl)c1. The molecule has 1 amide bonds. The fourth-order valence-corrected chi connectivity index (χ4v) is 3.25. The number of benzene rings is 2. The standard InChI is InChI=1S/C17H17ClF2N2O3S/c1-26(24,25)22(14-6-7-16(20)15(18)10-14)11-17(23)21-9-8-12-2-4-13(19)5-3-12/h2-7,10H,8-9,11H2,1H3,(H,21,23). The molecule has 2 rings (SSSR count). The molecule has 0 aliphatic heterocycles. The molecular formula is C17H17ClF2N2O3S. The van der Waals surface area contributed by atoms with Gasteiger partial charge in [0.15, 0.2) is 0 Å². The first kappa shape index (κ1) is 20.1. The largest absolute Gasteiger partial charge is 0.354 e. The molecule has 2 aromatic carbocycles. The summed E-state index contributed by atoms with van der Waals surface area (Å²) in [5.41, 5.74) is 0.921. The first-order valence-corrected chi connectivity index (χ1v) is 9.83. The Morgan fingerprint density at radius 2 is 1.81 bits per heavy atom. The van der Waals surface area contributed by atoms with Crippen LogP contribution >= 0.6 is 11.6 Å². The number of anilines is 1. The second-order valence-electron chi connectivity index (χ2n) is 5.59. The number of halogens is 3. The van der Waals surface area contributed by atoms with Gasteiger partial charge in [0.25, 0.3) is 0 Å². The van der Waals surface area contributed by atoms with E-state index in [1.165, 1.54) is 18.2 Å². The average Bonchev–Trinajstić information content (AvgIpc) is 2.56. The van der Waals surface area contributed by atoms with Crippen molar-refractivity contribution >= 4 is 33.2 Å². The summed E-state index contributed by atoms with van der Waals surface area (Å²) in [6, 6.07) is 9.25. The van der Waals surface area contributed by atoms with Crippen molar-refractivity contribution in [3.8, 4) is 0 Å². The normalized spacial score (nSPS) is 11.2. The number of rotatable bonds is 7. The predicted octanol–water partition coefficient (Wildman–Crippen LogP) is 2.74. The Hall–Kier alpha value is -2.19. The number of nitrogens with zero attached hydrogens (tertiary/aromatic N) is 1. The Morgan fingerprint density at radius 3 is 2.38 bits per heavy atom. The molecule has 0 radical (unpaired) electrons. The van der Waals surface area contributed by atoms with Gasteiger partial charge in [-0.25, -0.2) is 17.2 Å². The van der Waals surface area contributed by atoms with Gasteiger partial charge in [0.1, 0.15) is 18.2 Å². The van der Waals surface area contributed by atoms with Crippen LogP contribution in [0.4, 0.5) is 14.5 Å². The van der Waals surface area contributed by atoms with Gasteiger partial charge in [-0.3, -0.25) is 9.10 Å². The molecule has 0 aliphatic carbocycles. The molecule has 0 aromatic heterocycles. The first-order valence-electron chi connectivity index (χ1n) is 7.61. The Morgan fingerprint density at radius 1 is 1.15 bits per heavy atom. The van der Waals surface area contributed by atoms with E-state index < -0.39 is 28.3 Å². The molecule has 0 saturated carbocycles. The Bertz CT molecular complexity index is 889. The zero-order valence-electron chi connectivity index (χ0n) is 13.9. The lowest BCUT2D eigenvalue weighted by atomic mass is 10.1. The van der Waals surface area contributed by atoms with Crippen LogP contribution in [0.25, 0.3) is 0 Å². The molecule has 0 spiro atoms. The number of nitrogens with one attached hydrogen (secondary N) is 1. The molecule has 140 valence electrons. The minimum absolute atomic E-state index is 0.0904. The van der Waals surface area contributed by atoms with E-state index in [0.29, 0.717) is 6.42 Å². The van der Waals surface area contributed by atoms with Crippen LogP contribution in [0.3, 0.4) is 0 Å². The summed E-state index contributed by atoms with van der Waals surface area (Å²) >= 11 is 5.68. The van der Waals surface area contributed by atoms with Gasteiger partial charge in [0, 0.05) is 6.54 Å². The monoisotopic (exact) mass is 402 g/mol. The summed E-state index contributed by atoms with van der Waals surface area (Å²) in [5, 5.41) is 2.36. The van der Waals surface area contributed by atoms with Crippen molar-refractivity contribution in [2.75, 3.05) is 23.7 Å². The van der Waals surface area contributed by atoms with E-state index in [1.54, 1.807) is 12.1 Å². The zero-order chi connectivity index (χ0) is 19.3. The van der Waals surface area contributed by atoms with Crippen molar-refractivity contribution < 1.29 is 22.0 Å². The van der Waals surface area contributed by atoms with Crippen molar-refractivity contribution in [1.82, 2.24) is 5.32 Å². The lowest BCUT2D eigenvalue weighted by Crippen LogP contribution is -2.41. The van der Waals surface area contributed by atoms with Gasteiger partial charge in [0.05, 0.1) is 17.0 Å². The minimum atomic E-state index is -3.77. The molecule has 5 nitrogen and oxygen atoms in total. The number of hydrogen-bond acceptors (Lipinski definition) is 3. The highest BCUT2D eigenvalue weighted by molar-refractivity contribution is 7.92. The minimum Gasteiger partial charge on any atom is -0.354 e. The van der Waals surface area contributed by atoms with Crippen molar-refractivity contribution in [3.63, 3.8) is 0 Å². The summed E-state index contributed by atoms with van der Waals surface area (Å²) in [6.07, 6.45) is 1.41. The molecule has 0 unspecified atom stereocenters. The molecule has 0 atom stereocenters. The van der Waals surface area contributed by atoms with E-state index in [4.69, 9.17) is 11.6 Å². The molecule has 9 heteroatoms. The summed E-state index contributed by atoms with van der Waals surface area (Å²) in [6.45, 7) is -0.212. The topological polar surface area (TPSA) is 66.5 Å². The Kier molecular flexibility index (Phi) is 6.55. The fraction of sp³-hybridized carbons (Fsp3) is 0.235. The smallest absolute Gasteiger partial charge is 0.240 e. The van der Waals surface area contributed by atoms with Crippen LogP contribution in [0, 0.1) is 11.6 Å². The highest BCUT2D eigenvalue weighted by Gasteiger charge is 2.21. The summed E-state index contributed by atoms with van der Waals surface area (Å²) < 4.78 is 50.9. The lowest BCUT2D eigenvalue weighted by molar-refractivity contribution is -0.119. The summed E-state index contributed by atoms with van der Waals surface area (Å²) in [4.78, 5) is 12.1. The maximum Gasteiger partial charge on any atom is 0.240 e. The molecule has 1 N–H and O–H groups in total. The fourth-order valence-electron chi connectivity index (χ4n) is 2.22. The Balaban J connectivity index is 2.00. The van der Waals surface area contributed by atoms with Crippen LogP contribution in [-0.2, 0) is 21.2 Å². The van der Waals surface area contributed by atoms with E-state index in [0.717, 1.165) is 28.3 Å². The maximum atomic E-state index is 13.3. The second kappa shape index (κ2) is 8.46. The van der Waals surface area contributed by atoms with Gasteiger partial charge in [0.2, 0.25) is 15.9 Å². The highest BCUT2D eigenvalue weighted by Crippen LogP contribution is 2.24. The number of amides is 1. The van der Waals surface area contributed by atoms with E-state index in [9.17, 15) is 22.0 Å². The van der Waals surface area contributed by atoms with Crippen molar-refractivity contribution in [2.45, 2.75) is 6.42 Å². The number of sulfonamides is 1. The third-order valence-electron chi connectivity index (χ3n) is 3.53. The van der Waals surface area contributed by atoms with Crippen molar-refractivity contribution in [1.29, 1.82) is 0 Å². The van der Waals surface area contributed by atoms with E-state index in [2.05, 4.69) is 5.32 Å². The van der Waals surface area contributed by atoms with Gasteiger partial charge in [-0.1, -0.05) is 23.7 Å². The van der Waals surface area contributed by atoms with E-state index in [1.807, 2.05) is 0 Å². The highest BCUT2D eigenvalue weighted by atomic mass is 35.5. The maximum absolute atomic E-state index is 13.3. The van der Waals surface area contributed by atoms with Crippen molar-refractivity contribution in [2.24, 2.45) is 0 Å². The van der Waals surface area contributed by atoms with Crippen LogP contribution < -0.4 is 9.62 Å². The van der Waals surface area contributed by atoms with E-state index >= 15 is 0 Å². The molecule has 0 saturated heterocycles. The van der Waals surface area contributed by atoms with Crippen LogP contribution in [0.5, 0.6) is 0 Å². The number of carbonyl (C=O) groups excluding carboxylic acids is 1.